The van der Waals surface area contributed by atoms with Gasteiger partial charge in [-0.2, -0.15) is 0 Å². The molecule has 3 N–H and O–H groups in total. The van der Waals surface area contributed by atoms with Gasteiger partial charge in [-0.05, 0) is 29.8 Å². The summed E-state index contributed by atoms with van der Waals surface area (Å²) >= 11 is 6.03. The minimum atomic E-state index is -0.743. The van der Waals surface area contributed by atoms with Crippen molar-refractivity contribution in [3.8, 4) is 0 Å². The molecule has 1 aromatic heterocycles. The number of H-pyrrole nitrogens is 1. The lowest BCUT2D eigenvalue weighted by Crippen LogP contribution is -2.49. The van der Waals surface area contributed by atoms with Gasteiger partial charge in [-0.3, -0.25) is 9.59 Å². The number of carbonyl (C=O) groups is 2. The van der Waals surface area contributed by atoms with Crippen LogP contribution in [0.5, 0.6) is 0 Å². The van der Waals surface area contributed by atoms with Crippen LogP contribution in [0.1, 0.15) is 22.5 Å². The summed E-state index contributed by atoms with van der Waals surface area (Å²) in [6.45, 7) is 0.728. The number of likely N-dealkylation sites (tertiary alicyclic amines) is 1. The summed E-state index contributed by atoms with van der Waals surface area (Å²) in [5.41, 5.74) is 2.64. The Balaban J connectivity index is 1.56. The maximum atomic E-state index is 13.1. The lowest BCUT2D eigenvalue weighted by molar-refractivity contribution is -0.131. The fraction of sp³-hybridized carbons (Fsp3) is 0.227. The van der Waals surface area contributed by atoms with Gasteiger partial charge in [-0.15, -0.1) is 0 Å². The number of nitrogens with one attached hydrogen (secondary N) is 2. The maximum absolute atomic E-state index is 13.1. The first kappa shape index (κ1) is 20.0. The van der Waals surface area contributed by atoms with Crippen LogP contribution in [0.25, 0.3) is 10.9 Å². The fourth-order valence-electron chi connectivity index (χ4n) is 3.64. The predicted molar refractivity (Wildman–Crippen MR) is 115 cm³/mol. The van der Waals surface area contributed by atoms with Gasteiger partial charge < -0.3 is 20.4 Å². The second-order valence-corrected chi connectivity index (χ2v) is 7.74. The van der Waals surface area contributed by atoms with E-state index in [9.17, 15) is 9.59 Å². The third kappa shape index (κ3) is 4.31. The highest BCUT2D eigenvalue weighted by Gasteiger charge is 2.31. The van der Waals surface area contributed by atoms with Crippen molar-refractivity contribution >= 4 is 40.0 Å². The number of hydrogen-bond donors (Lipinski definition) is 3. The first-order valence-corrected chi connectivity index (χ1v) is 10.0. The molecule has 0 aliphatic carbocycles. The summed E-state index contributed by atoms with van der Waals surface area (Å²) < 4.78 is 0. The quantitative estimate of drug-likeness (QED) is 0.433. The van der Waals surface area contributed by atoms with Gasteiger partial charge in [0.25, 0.3) is 5.91 Å². The van der Waals surface area contributed by atoms with Crippen molar-refractivity contribution in [3.05, 3.63) is 70.9 Å². The largest absolute Gasteiger partial charge is 0.411 e. The van der Waals surface area contributed by atoms with Gasteiger partial charge >= 0.3 is 0 Å². The van der Waals surface area contributed by atoms with Crippen LogP contribution >= 0.6 is 11.6 Å². The minimum Gasteiger partial charge on any atom is -0.411 e. The zero-order valence-corrected chi connectivity index (χ0v) is 16.9. The summed E-state index contributed by atoms with van der Waals surface area (Å²) in [5, 5.41) is 16.5. The van der Waals surface area contributed by atoms with E-state index in [1.807, 2.05) is 30.3 Å². The highest BCUT2D eigenvalue weighted by Crippen LogP contribution is 2.20. The Morgan fingerprint density at radius 1 is 1.20 bits per heavy atom. The Morgan fingerprint density at radius 3 is 2.73 bits per heavy atom. The molecule has 154 valence electrons. The first-order chi connectivity index (χ1) is 14.5. The molecule has 0 unspecified atom stereocenters. The van der Waals surface area contributed by atoms with E-state index in [2.05, 4.69) is 15.5 Å². The highest BCUT2D eigenvalue weighted by molar-refractivity contribution is 6.31. The van der Waals surface area contributed by atoms with Crippen LogP contribution in [0.4, 0.5) is 0 Å². The number of aromatic amines is 1. The Bertz CT molecular complexity index is 1110. The van der Waals surface area contributed by atoms with Crippen molar-refractivity contribution in [3.63, 3.8) is 0 Å². The summed E-state index contributed by atoms with van der Waals surface area (Å²) in [6.07, 6.45) is 0.886. The number of oxime groups is 1. The lowest BCUT2D eigenvalue weighted by Gasteiger charge is -2.23. The summed E-state index contributed by atoms with van der Waals surface area (Å²) in [4.78, 5) is 30.7. The van der Waals surface area contributed by atoms with Crippen molar-refractivity contribution in [2.24, 2.45) is 5.16 Å². The van der Waals surface area contributed by atoms with Gasteiger partial charge in [0.2, 0.25) is 5.91 Å². The third-order valence-electron chi connectivity index (χ3n) is 5.21. The molecule has 2 aromatic carbocycles. The Kier molecular flexibility index (Phi) is 5.72. The molecule has 1 atom stereocenters. The van der Waals surface area contributed by atoms with Gasteiger partial charge in [-0.1, -0.05) is 47.1 Å². The van der Waals surface area contributed by atoms with Crippen molar-refractivity contribution in [2.45, 2.75) is 18.9 Å². The fourth-order valence-corrected chi connectivity index (χ4v) is 3.82. The molecule has 3 aromatic rings. The normalized spacial score (nSPS) is 16.2. The Hall–Kier alpha value is -3.32. The monoisotopic (exact) mass is 424 g/mol. The highest BCUT2D eigenvalue weighted by atomic mass is 35.5. The number of benzene rings is 2. The van der Waals surface area contributed by atoms with Crippen molar-refractivity contribution in [1.82, 2.24) is 15.2 Å². The zero-order valence-electron chi connectivity index (χ0n) is 16.1. The summed E-state index contributed by atoms with van der Waals surface area (Å²) in [5.74, 6) is -0.572. The Labute approximate surface area is 178 Å². The summed E-state index contributed by atoms with van der Waals surface area (Å²) in [7, 11) is 0. The number of hydrogen-bond acceptors (Lipinski definition) is 4. The average molecular weight is 425 g/mol. The topological polar surface area (TPSA) is 97.8 Å². The van der Waals surface area contributed by atoms with Crippen LogP contribution in [0.3, 0.4) is 0 Å². The predicted octanol–water partition coefficient (Wildman–Crippen LogP) is 3.22. The number of nitrogens with zero attached hydrogens (tertiary/aromatic N) is 2. The second-order valence-electron chi connectivity index (χ2n) is 7.31. The van der Waals surface area contributed by atoms with Gasteiger partial charge in [0.1, 0.15) is 11.7 Å². The standard InChI is InChI=1S/C22H21ClN4O3/c23-16-6-7-18-15(11-16)12-19(24-18)21(28)25-20(10-14-4-2-1-3-5-14)22(29)27-9-8-17(13-27)26-30/h1-7,11-12,20,24,30H,8-10,13H2,(H,25,28)/b26-17-/t20-/m0/s1. The molecule has 7 nitrogen and oxygen atoms in total. The molecule has 0 bridgehead atoms. The minimum absolute atomic E-state index is 0.204. The summed E-state index contributed by atoms with van der Waals surface area (Å²) in [6, 6.07) is 15.8. The van der Waals surface area contributed by atoms with Crippen LogP contribution in [-0.4, -0.2) is 51.7 Å². The van der Waals surface area contributed by atoms with Crippen LogP contribution in [0.15, 0.2) is 59.8 Å². The second kappa shape index (κ2) is 8.59. The first-order valence-electron chi connectivity index (χ1n) is 9.65. The smallest absolute Gasteiger partial charge is 0.268 e. The number of rotatable bonds is 5. The van der Waals surface area contributed by atoms with Crippen LogP contribution < -0.4 is 5.32 Å². The number of amides is 2. The Morgan fingerprint density at radius 2 is 2.00 bits per heavy atom. The lowest BCUT2D eigenvalue weighted by atomic mass is 10.0. The van der Waals surface area contributed by atoms with E-state index in [1.54, 1.807) is 29.2 Å². The number of aromatic nitrogens is 1. The molecule has 2 amide bonds. The zero-order chi connectivity index (χ0) is 21.1. The molecule has 1 aliphatic rings. The molecule has 1 saturated heterocycles. The molecule has 0 radical (unpaired) electrons. The van der Waals surface area contributed by atoms with Crippen molar-refractivity contribution in [1.29, 1.82) is 0 Å². The third-order valence-corrected chi connectivity index (χ3v) is 5.45. The maximum Gasteiger partial charge on any atom is 0.268 e. The van der Waals surface area contributed by atoms with Crippen molar-refractivity contribution in [2.75, 3.05) is 13.1 Å². The van der Waals surface area contributed by atoms with Gasteiger partial charge in [0.15, 0.2) is 0 Å². The molecule has 0 spiro atoms. The molecule has 1 aliphatic heterocycles. The number of halogens is 1. The van der Waals surface area contributed by atoms with E-state index in [0.717, 1.165) is 16.5 Å². The van der Waals surface area contributed by atoms with E-state index in [0.29, 0.717) is 35.8 Å². The molecule has 4 rings (SSSR count). The molecule has 1 fully saturated rings. The van der Waals surface area contributed by atoms with Gasteiger partial charge in [0, 0.05) is 35.3 Å². The van der Waals surface area contributed by atoms with Crippen LogP contribution in [0.2, 0.25) is 5.02 Å². The van der Waals surface area contributed by atoms with Crippen LogP contribution in [-0.2, 0) is 11.2 Å². The van der Waals surface area contributed by atoms with E-state index >= 15 is 0 Å². The van der Waals surface area contributed by atoms with E-state index in [1.165, 1.54) is 0 Å². The van der Waals surface area contributed by atoms with Gasteiger partial charge in [0.05, 0.1) is 12.3 Å². The average Bonchev–Trinajstić information content (AvgIpc) is 3.40. The van der Waals surface area contributed by atoms with E-state index < -0.39 is 6.04 Å². The SMILES string of the molecule is O=C(N[C@@H](Cc1ccccc1)C(=O)N1CC/C(=N/O)C1)c1cc2cc(Cl)ccc2[nH]1. The molecule has 30 heavy (non-hydrogen) atoms. The van der Waals surface area contributed by atoms with E-state index in [-0.39, 0.29) is 18.4 Å². The number of fused-ring (bicyclic) bond motifs is 1. The molecule has 2 heterocycles. The van der Waals surface area contributed by atoms with Crippen LogP contribution in [0, 0.1) is 0 Å². The molecular weight excluding hydrogens is 404 g/mol. The molecule has 0 saturated carbocycles. The number of carbonyl (C=O) groups excluding carboxylic acids is 2. The van der Waals surface area contributed by atoms with Crippen molar-refractivity contribution < 1.29 is 14.8 Å². The van der Waals surface area contributed by atoms with E-state index in [4.69, 9.17) is 16.8 Å². The van der Waals surface area contributed by atoms with Gasteiger partial charge in [-0.25, -0.2) is 0 Å². The molecular formula is C22H21ClN4O3. The molecule has 8 heteroatoms.